The standard InChI is InChI=1S/C14H14ClN3O3/c15-11-5-9-3-4-21-14(9)10(6-11)7-18-8-12(16-17-18)1-2-13(19)20/h5-6,8H,1-4,7H2,(H,19,20). The fourth-order valence-electron chi connectivity index (χ4n) is 2.40. The number of carboxylic acid groups (broad SMARTS) is 1. The summed E-state index contributed by atoms with van der Waals surface area (Å²) < 4.78 is 7.32. The third kappa shape index (κ3) is 3.16. The van der Waals surface area contributed by atoms with Gasteiger partial charge in [0.1, 0.15) is 5.75 Å². The molecule has 2 aromatic rings. The molecule has 0 saturated heterocycles. The molecule has 0 spiro atoms. The van der Waals surface area contributed by atoms with E-state index in [-0.39, 0.29) is 6.42 Å². The smallest absolute Gasteiger partial charge is 0.303 e. The van der Waals surface area contributed by atoms with Crippen LogP contribution in [-0.2, 0) is 24.2 Å². The highest BCUT2D eigenvalue weighted by atomic mass is 35.5. The van der Waals surface area contributed by atoms with Crippen LogP contribution < -0.4 is 4.74 Å². The van der Waals surface area contributed by atoms with E-state index >= 15 is 0 Å². The number of carbonyl (C=O) groups is 1. The Bertz CT molecular complexity index is 684. The van der Waals surface area contributed by atoms with Crippen LogP contribution >= 0.6 is 11.6 Å². The minimum absolute atomic E-state index is 0.0500. The summed E-state index contributed by atoms with van der Waals surface area (Å²) in [7, 11) is 0. The van der Waals surface area contributed by atoms with Gasteiger partial charge in [-0.05, 0) is 17.7 Å². The van der Waals surface area contributed by atoms with Crippen LogP contribution in [0.4, 0.5) is 0 Å². The second-order valence-electron chi connectivity index (χ2n) is 4.95. The van der Waals surface area contributed by atoms with E-state index in [2.05, 4.69) is 10.3 Å². The number of aliphatic carboxylic acids is 1. The summed E-state index contributed by atoms with van der Waals surface area (Å²) in [5.41, 5.74) is 2.74. The highest BCUT2D eigenvalue weighted by Gasteiger charge is 2.18. The summed E-state index contributed by atoms with van der Waals surface area (Å²) in [5, 5.41) is 17.3. The molecule has 0 radical (unpaired) electrons. The maximum atomic E-state index is 10.5. The number of aromatic nitrogens is 3. The number of benzene rings is 1. The van der Waals surface area contributed by atoms with Gasteiger partial charge in [0.15, 0.2) is 0 Å². The number of hydrogen-bond donors (Lipinski definition) is 1. The van der Waals surface area contributed by atoms with Crippen LogP contribution in [0, 0.1) is 0 Å². The van der Waals surface area contributed by atoms with Gasteiger partial charge < -0.3 is 9.84 Å². The fraction of sp³-hybridized carbons (Fsp3) is 0.357. The molecule has 3 rings (SSSR count). The van der Waals surface area contributed by atoms with Crippen LogP contribution in [0.15, 0.2) is 18.3 Å². The second-order valence-corrected chi connectivity index (χ2v) is 5.39. The molecule has 110 valence electrons. The molecule has 2 heterocycles. The van der Waals surface area contributed by atoms with Crippen molar-refractivity contribution < 1.29 is 14.6 Å². The molecule has 1 aliphatic rings. The van der Waals surface area contributed by atoms with Crippen LogP contribution in [0.2, 0.25) is 5.02 Å². The van der Waals surface area contributed by atoms with Gasteiger partial charge in [0, 0.05) is 29.6 Å². The first-order valence-electron chi connectivity index (χ1n) is 6.67. The Labute approximate surface area is 126 Å². The van der Waals surface area contributed by atoms with E-state index in [1.54, 1.807) is 10.9 Å². The van der Waals surface area contributed by atoms with Gasteiger partial charge >= 0.3 is 5.97 Å². The van der Waals surface area contributed by atoms with Gasteiger partial charge in [-0.25, -0.2) is 4.68 Å². The quantitative estimate of drug-likeness (QED) is 0.913. The topological polar surface area (TPSA) is 77.2 Å². The fourth-order valence-corrected chi connectivity index (χ4v) is 2.67. The molecule has 21 heavy (non-hydrogen) atoms. The zero-order valence-corrected chi connectivity index (χ0v) is 12.0. The number of aryl methyl sites for hydroxylation is 1. The highest BCUT2D eigenvalue weighted by molar-refractivity contribution is 6.30. The highest BCUT2D eigenvalue weighted by Crippen LogP contribution is 2.33. The summed E-state index contributed by atoms with van der Waals surface area (Å²) in [6.45, 7) is 1.17. The number of nitrogens with zero attached hydrogens (tertiary/aromatic N) is 3. The Morgan fingerprint density at radius 1 is 1.48 bits per heavy atom. The normalized spacial score (nSPS) is 13.0. The summed E-state index contributed by atoms with van der Waals surface area (Å²) in [6.07, 6.45) is 3.04. The minimum Gasteiger partial charge on any atom is -0.493 e. The van der Waals surface area contributed by atoms with E-state index in [0.29, 0.717) is 30.3 Å². The van der Waals surface area contributed by atoms with Crippen molar-refractivity contribution in [2.45, 2.75) is 25.8 Å². The molecule has 0 amide bonds. The SMILES string of the molecule is O=C(O)CCc1cn(Cc2cc(Cl)cc3c2OCC3)nn1. The van der Waals surface area contributed by atoms with E-state index in [9.17, 15) is 4.79 Å². The van der Waals surface area contributed by atoms with Crippen LogP contribution in [0.25, 0.3) is 0 Å². The van der Waals surface area contributed by atoms with Gasteiger partial charge in [-0.15, -0.1) is 5.10 Å². The molecule has 1 N–H and O–H groups in total. The van der Waals surface area contributed by atoms with Crippen LogP contribution in [0.3, 0.4) is 0 Å². The molecule has 0 saturated carbocycles. The number of hydrogen-bond acceptors (Lipinski definition) is 4. The van der Waals surface area contributed by atoms with Crippen LogP contribution in [-0.4, -0.2) is 32.7 Å². The number of ether oxygens (including phenoxy) is 1. The largest absolute Gasteiger partial charge is 0.493 e. The molecule has 0 fully saturated rings. The second kappa shape index (κ2) is 5.73. The molecular formula is C14H14ClN3O3. The van der Waals surface area contributed by atoms with Gasteiger partial charge in [0.05, 0.1) is 25.3 Å². The summed E-state index contributed by atoms with van der Waals surface area (Å²) in [5.74, 6) is 0.0348. The van der Waals surface area contributed by atoms with E-state index in [4.69, 9.17) is 21.4 Å². The molecule has 7 heteroatoms. The molecule has 1 aromatic carbocycles. The lowest BCUT2D eigenvalue weighted by molar-refractivity contribution is -0.136. The molecular weight excluding hydrogens is 294 g/mol. The molecule has 6 nitrogen and oxygen atoms in total. The van der Waals surface area contributed by atoms with Gasteiger partial charge in [-0.1, -0.05) is 16.8 Å². The van der Waals surface area contributed by atoms with Crippen molar-refractivity contribution >= 4 is 17.6 Å². The first-order valence-corrected chi connectivity index (χ1v) is 7.04. The molecule has 0 unspecified atom stereocenters. The third-order valence-corrected chi connectivity index (χ3v) is 3.56. The van der Waals surface area contributed by atoms with Gasteiger partial charge in [-0.3, -0.25) is 4.79 Å². The van der Waals surface area contributed by atoms with Gasteiger partial charge in [-0.2, -0.15) is 0 Å². The maximum Gasteiger partial charge on any atom is 0.303 e. The van der Waals surface area contributed by atoms with Crippen molar-refractivity contribution in [2.75, 3.05) is 6.61 Å². The van der Waals surface area contributed by atoms with Crippen molar-refractivity contribution in [3.8, 4) is 5.75 Å². The predicted molar refractivity (Wildman–Crippen MR) is 75.7 cm³/mol. The Kier molecular flexibility index (Phi) is 3.79. The van der Waals surface area contributed by atoms with Gasteiger partial charge in [0.2, 0.25) is 0 Å². The number of fused-ring (bicyclic) bond motifs is 1. The lowest BCUT2D eigenvalue weighted by Gasteiger charge is -2.08. The Hall–Kier alpha value is -2.08. The monoisotopic (exact) mass is 307 g/mol. The number of halogens is 1. The Balaban J connectivity index is 1.77. The van der Waals surface area contributed by atoms with Crippen LogP contribution in [0.1, 0.15) is 23.2 Å². The van der Waals surface area contributed by atoms with E-state index in [1.165, 1.54) is 0 Å². The summed E-state index contributed by atoms with van der Waals surface area (Å²) in [6, 6.07) is 3.79. The average molecular weight is 308 g/mol. The van der Waals surface area contributed by atoms with Crippen molar-refractivity contribution in [3.63, 3.8) is 0 Å². The summed E-state index contributed by atoms with van der Waals surface area (Å²) in [4.78, 5) is 10.5. The van der Waals surface area contributed by atoms with Crippen molar-refractivity contribution in [2.24, 2.45) is 0 Å². The summed E-state index contributed by atoms with van der Waals surface area (Å²) >= 11 is 6.12. The Morgan fingerprint density at radius 3 is 3.14 bits per heavy atom. The zero-order valence-electron chi connectivity index (χ0n) is 11.3. The molecule has 0 atom stereocenters. The molecule has 1 aromatic heterocycles. The van der Waals surface area contributed by atoms with Crippen molar-refractivity contribution in [3.05, 3.63) is 40.2 Å². The zero-order chi connectivity index (χ0) is 14.8. The van der Waals surface area contributed by atoms with E-state index < -0.39 is 5.97 Å². The molecule has 0 bridgehead atoms. The third-order valence-electron chi connectivity index (χ3n) is 3.34. The Morgan fingerprint density at radius 2 is 2.33 bits per heavy atom. The predicted octanol–water partition coefficient (Wildman–Crippen LogP) is 1.93. The molecule has 0 aliphatic carbocycles. The van der Waals surface area contributed by atoms with Crippen molar-refractivity contribution in [1.82, 2.24) is 15.0 Å². The maximum absolute atomic E-state index is 10.5. The minimum atomic E-state index is -0.842. The van der Waals surface area contributed by atoms with Gasteiger partial charge in [0.25, 0.3) is 0 Å². The number of carboxylic acids is 1. The number of rotatable bonds is 5. The average Bonchev–Trinajstić information content (AvgIpc) is 3.05. The lowest BCUT2D eigenvalue weighted by Crippen LogP contribution is -2.02. The van der Waals surface area contributed by atoms with E-state index in [0.717, 1.165) is 23.3 Å². The first-order chi connectivity index (χ1) is 10.1. The lowest BCUT2D eigenvalue weighted by atomic mass is 10.1. The van der Waals surface area contributed by atoms with E-state index in [1.807, 2.05) is 12.1 Å². The molecule has 1 aliphatic heterocycles. The van der Waals surface area contributed by atoms with Crippen molar-refractivity contribution in [1.29, 1.82) is 0 Å². The first kappa shape index (κ1) is 13.9. The van der Waals surface area contributed by atoms with Crippen LogP contribution in [0.5, 0.6) is 5.75 Å².